The van der Waals surface area contributed by atoms with Crippen LogP contribution in [0.4, 0.5) is 4.79 Å². The van der Waals surface area contributed by atoms with E-state index in [-0.39, 0.29) is 12.0 Å². The number of H-pyrrole nitrogens is 1. The maximum atomic E-state index is 11.7. The van der Waals surface area contributed by atoms with E-state index in [2.05, 4.69) is 20.6 Å². The van der Waals surface area contributed by atoms with Gasteiger partial charge in [0, 0.05) is 12.4 Å². The number of urea groups is 1. The van der Waals surface area contributed by atoms with Crippen LogP contribution < -0.4 is 10.6 Å². The van der Waals surface area contributed by atoms with Gasteiger partial charge in [0.05, 0.1) is 6.04 Å². The summed E-state index contributed by atoms with van der Waals surface area (Å²) < 4.78 is 0. The quantitative estimate of drug-likeness (QED) is 0.623. The minimum absolute atomic E-state index is 0.184. The van der Waals surface area contributed by atoms with Crippen molar-refractivity contribution in [3.63, 3.8) is 0 Å². The Morgan fingerprint density at radius 2 is 2.05 bits per heavy atom. The Morgan fingerprint density at radius 1 is 1.37 bits per heavy atom. The van der Waals surface area contributed by atoms with Gasteiger partial charge >= 0.3 is 12.0 Å². The number of carboxylic acid groups (broad SMARTS) is 1. The number of imidazole rings is 1. The Morgan fingerprint density at radius 3 is 2.53 bits per heavy atom. The molecule has 2 amide bonds. The molecular formula is C12H20N4O3. The monoisotopic (exact) mass is 268 g/mol. The van der Waals surface area contributed by atoms with Crippen LogP contribution in [-0.4, -0.2) is 33.1 Å². The predicted molar refractivity (Wildman–Crippen MR) is 69.5 cm³/mol. The average molecular weight is 268 g/mol. The van der Waals surface area contributed by atoms with Crippen molar-refractivity contribution in [2.24, 2.45) is 5.92 Å². The van der Waals surface area contributed by atoms with Gasteiger partial charge in [-0.25, -0.2) is 14.6 Å². The Labute approximate surface area is 111 Å². The summed E-state index contributed by atoms with van der Waals surface area (Å²) >= 11 is 0. The molecule has 2 atom stereocenters. The number of rotatable bonds is 6. The summed E-state index contributed by atoms with van der Waals surface area (Å²) in [6, 6.07) is -1.72. The molecule has 4 N–H and O–H groups in total. The van der Waals surface area contributed by atoms with Crippen LogP contribution in [0.5, 0.6) is 0 Å². The first-order valence-corrected chi connectivity index (χ1v) is 6.19. The van der Waals surface area contributed by atoms with Crippen molar-refractivity contribution in [2.75, 3.05) is 0 Å². The first-order valence-electron chi connectivity index (χ1n) is 6.19. The molecular weight excluding hydrogens is 248 g/mol. The largest absolute Gasteiger partial charge is 0.480 e. The highest BCUT2D eigenvalue weighted by molar-refractivity contribution is 5.82. The first kappa shape index (κ1) is 15.0. The van der Waals surface area contributed by atoms with Crippen LogP contribution in [0, 0.1) is 5.92 Å². The number of hydrogen-bond donors (Lipinski definition) is 4. The van der Waals surface area contributed by atoms with E-state index in [1.165, 1.54) is 0 Å². The third kappa shape index (κ3) is 4.99. The molecule has 0 spiro atoms. The molecule has 7 nitrogen and oxygen atoms in total. The molecule has 1 aromatic heterocycles. The van der Waals surface area contributed by atoms with Crippen molar-refractivity contribution < 1.29 is 14.7 Å². The molecule has 0 fully saturated rings. The van der Waals surface area contributed by atoms with Crippen LogP contribution in [-0.2, 0) is 4.79 Å². The van der Waals surface area contributed by atoms with E-state index in [0.717, 1.165) is 0 Å². The molecule has 7 heteroatoms. The van der Waals surface area contributed by atoms with Crippen molar-refractivity contribution in [2.45, 2.75) is 39.3 Å². The molecule has 19 heavy (non-hydrogen) atoms. The van der Waals surface area contributed by atoms with Gasteiger partial charge in [-0.3, -0.25) is 0 Å². The summed E-state index contributed by atoms with van der Waals surface area (Å²) in [6.07, 6.45) is 3.63. The summed E-state index contributed by atoms with van der Waals surface area (Å²) in [5.41, 5.74) is 0. The third-order valence-corrected chi connectivity index (χ3v) is 2.59. The third-order valence-electron chi connectivity index (χ3n) is 2.59. The van der Waals surface area contributed by atoms with Gasteiger partial charge in [0.2, 0.25) is 0 Å². The van der Waals surface area contributed by atoms with E-state index in [9.17, 15) is 9.59 Å². The van der Waals surface area contributed by atoms with Crippen LogP contribution in [0.25, 0.3) is 0 Å². The molecule has 0 aromatic carbocycles. The second kappa shape index (κ2) is 6.77. The normalized spacial score (nSPS) is 13.9. The van der Waals surface area contributed by atoms with Gasteiger partial charge in [0.1, 0.15) is 11.9 Å². The zero-order valence-corrected chi connectivity index (χ0v) is 11.3. The van der Waals surface area contributed by atoms with Gasteiger partial charge in [-0.15, -0.1) is 0 Å². The van der Waals surface area contributed by atoms with Crippen LogP contribution in [0.15, 0.2) is 12.4 Å². The van der Waals surface area contributed by atoms with Crippen LogP contribution >= 0.6 is 0 Å². The lowest BCUT2D eigenvalue weighted by atomic mass is 10.0. The molecule has 0 saturated heterocycles. The number of aromatic amines is 1. The lowest BCUT2D eigenvalue weighted by Gasteiger charge is -2.18. The Balaban J connectivity index is 2.51. The molecule has 0 aliphatic carbocycles. The fourth-order valence-corrected chi connectivity index (χ4v) is 1.67. The van der Waals surface area contributed by atoms with Crippen LogP contribution in [0.1, 0.15) is 39.1 Å². The van der Waals surface area contributed by atoms with E-state index in [1.54, 1.807) is 19.3 Å². The van der Waals surface area contributed by atoms with Crippen molar-refractivity contribution in [1.82, 2.24) is 20.6 Å². The minimum Gasteiger partial charge on any atom is -0.480 e. The Hall–Kier alpha value is -2.05. The average Bonchev–Trinajstić information content (AvgIpc) is 2.80. The molecule has 0 aliphatic rings. The molecule has 1 rings (SSSR count). The molecule has 1 heterocycles. The summed E-state index contributed by atoms with van der Waals surface area (Å²) in [4.78, 5) is 29.6. The summed E-state index contributed by atoms with van der Waals surface area (Å²) in [5, 5.41) is 14.1. The SMILES string of the molecule is CC(C)C[C@@H](NC(=O)NC(C)c1ncc[nH]1)C(=O)O. The van der Waals surface area contributed by atoms with E-state index in [1.807, 2.05) is 13.8 Å². The van der Waals surface area contributed by atoms with Crippen LogP contribution in [0.3, 0.4) is 0 Å². The molecule has 0 saturated carbocycles. The van der Waals surface area contributed by atoms with Gasteiger partial charge in [0.15, 0.2) is 0 Å². The van der Waals surface area contributed by atoms with Crippen molar-refractivity contribution in [1.29, 1.82) is 0 Å². The number of aliphatic carboxylic acids is 1. The lowest BCUT2D eigenvalue weighted by molar-refractivity contribution is -0.139. The molecule has 0 aliphatic heterocycles. The summed E-state index contributed by atoms with van der Waals surface area (Å²) in [6.45, 7) is 5.57. The standard InChI is InChI=1S/C12H20N4O3/c1-7(2)6-9(11(17)18)16-12(19)15-8(3)10-13-4-5-14-10/h4-5,7-9H,6H2,1-3H3,(H,13,14)(H,17,18)(H2,15,16,19)/t8?,9-/m1/s1. The topological polar surface area (TPSA) is 107 Å². The Bertz CT molecular complexity index is 417. The molecule has 106 valence electrons. The van der Waals surface area contributed by atoms with Crippen molar-refractivity contribution in [3.8, 4) is 0 Å². The summed E-state index contributed by atoms with van der Waals surface area (Å²) in [5.74, 6) is -0.232. The fraction of sp³-hybridized carbons (Fsp3) is 0.583. The fourth-order valence-electron chi connectivity index (χ4n) is 1.67. The van der Waals surface area contributed by atoms with Gasteiger partial charge < -0.3 is 20.7 Å². The molecule has 0 bridgehead atoms. The molecule has 1 unspecified atom stereocenters. The second-order valence-electron chi connectivity index (χ2n) is 4.83. The number of hydrogen-bond acceptors (Lipinski definition) is 3. The molecule has 1 aromatic rings. The van der Waals surface area contributed by atoms with E-state index in [0.29, 0.717) is 12.2 Å². The van der Waals surface area contributed by atoms with Gasteiger partial charge in [-0.05, 0) is 19.3 Å². The van der Waals surface area contributed by atoms with E-state index < -0.39 is 18.0 Å². The number of carbonyl (C=O) groups excluding carboxylic acids is 1. The number of nitrogens with zero attached hydrogens (tertiary/aromatic N) is 1. The lowest BCUT2D eigenvalue weighted by Crippen LogP contribution is -2.47. The summed E-state index contributed by atoms with van der Waals surface area (Å²) in [7, 11) is 0. The number of amides is 2. The maximum absolute atomic E-state index is 11.7. The van der Waals surface area contributed by atoms with Crippen molar-refractivity contribution in [3.05, 3.63) is 18.2 Å². The Kier molecular flexibility index (Phi) is 5.35. The number of carboxylic acids is 1. The van der Waals surface area contributed by atoms with E-state index in [4.69, 9.17) is 5.11 Å². The zero-order valence-electron chi connectivity index (χ0n) is 11.3. The molecule has 0 radical (unpaired) electrons. The van der Waals surface area contributed by atoms with Gasteiger partial charge in [-0.1, -0.05) is 13.8 Å². The maximum Gasteiger partial charge on any atom is 0.326 e. The van der Waals surface area contributed by atoms with Crippen LogP contribution in [0.2, 0.25) is 0 Å². The van der Waals surface area contributed by atoms with Gasteiger partial charge in [0.25, 0.3) is 0 Å². The highest BCUT2D eigenvalue weighted by Gasteiger charge is 2.22. The zero-order chi connectivity index (χ0) is 14.4. The number of aromatic nitrogens is 2. The van der Waals surface area contributed by atoms with Crippen molar-refractivity contribution >= 4 is 12.0 Å². The number of nitrogens with one attached hydrogen (secondary N) is 3. The number of carbonyl (C=O) groups is 2. The highest BCUT2D eigenvalue weighted by atomic mass is 16.4. The van der Waals surface area contributed by atoms with E-state index >= 15 is 0 Å². The minimum atomic E-state index is -1.03. The van der Waals surface area contributed by atoms with Gasteiger partial charge in [-0.2, -0.15) is 0 Å². The predicted octanol–water partition coefficient (Wildman–Crippen LogP) is 1.27. The second-order valence-corrected chi connectivity index (χ2v) is 4.83. The smallest absolute Gasteiger partial charge is 0.326 e. The highest BCUT2D eigenvalue weighted by Crippen LogP contribution is 2.07. The first-order chi connectivity index (χ1) is 8.90.